The smallest absolute Gasteiger partial charge is 0.354 e. The standard InChI is InChI=1S/C22H25FN6O3/c1-32-20-18(27-8-6-14(10-27)17(24)13-3-2-7-26-9-13)15(23)11-28-19(20)16(12-4-5-12)21(30)29(25)22(28)31/h2-3,7,9,11-12,14,17H,4-6,8,10,24-25H2,1H3. The minimum Gasteiger partial charge on any atom is -0.492 e. The number of hydrogen-bond donors (Lipinski definition) is 2. The number of pyridine rings is 2. The van der Waals surface area contributed by atoms with E-state index in [2.05, 4.69) is 4.98 Å². The number of hydrogen-bond acceptors (Lipinski definition) is 7. The predicted molar refractivity (Wildman–Crippen MR) is 118 cm³/mol. The van der Waals surface area contributed by atoms with Crippen LogP contribution in [0.25, 0.3) is 5.52 Å². The molecule has 4 heterocycles. The number of aromatic nitrogens is 3. The Hall–Kier alpha value is -3.40. The van der Waals surface area contributed by atoms with Gasteiger partial charge in [-0.05, 0) is 42.7 Å². The Morgan fingerprint density at radius 3 is 2.72 bits per heavy atom. The number of fused-ring (bicyclic) bond motifs is 1. The minimum absolute atomic E-state index is 0.0227. The van der Waals surface area contributed by atoms with Crippen LogP contribution in [0.4, 0.5) is 10.1 Å². The van der Waals surface area contributed by atoms with E-state index in [0.717, 1.165) is 35.4 Å². The normalized spacial score (nSPS) is 19.5. The average Bonchev–Trinajstić information content (AvgIpc) is 3.53. The second kappa shape index (κ2) is 7.63. The van der Waals surface area contributed by atoms with Crippen LogP contribution < -0.4 is 32.5 Å². The molecule has 32 heavy (non-hydrogen) atoms. The molecule has 0 bridgehead atoms. The van der Waals surface area contributed by atoms with Crippen LogP contribution in [-0.2, 0) is 0 Å². The summed E-state index contributed by atoms with van der Waals surface area (Å²) in [4.78, 5) is 31.5. The molecule has 3 aromatic rings. The molecule has 5 rings (SSSR count). The molecule has 2 atom stereocenters. The third-order valence-electron chi connectivity index (χ3n) is 6.56. The van der Waals surface area contributed by atoms with Crippen LogP contribution in [0.15, 0.2) is 40.3 Å². The maximum Gasteiger partial charge on any atom is 0.354 e. The van der Waals surface area contributed by atoms with E-state index in [-0.39, 0.29) is 29.3 Å². The fourth-order valence-electron chi connectivity index (χ4n) is 4.76. The second-order valence-corrected chi connectivity index (χ2v) is 8.53. The monoisotopic (exact) mass is 440 g/mol. The quantitative estimate of drug-likeness (QED) is 0.571. The van der Waals surface area contributed by atoms with Crippen molar-refractivity contribution in [3.05, 3.63) is 68.5 Å². The molecule has 9 nitrogen and oxygen atoms in total. The van der Waals surface area contributed by atoms with Crippen molar-refractivity contribution in [3.8, 4) is 5.75 Å². The van der Waals surface area contributed by atoms with Gasteiger partial charge in [-0.3, -0.25) is 14.2 Å². The molecule has 0 aromatic carbocycles. The van der Waals surface area contributed by atoms with E-state index in [1.165, 1.54) is 7.11 Å². The van der Waals surface area contributed by atoms with Crippen LogP contribution in [0, 0.1) is 11.7 Å². The van der Waals surface area contributed by atoms with Gasteiger partial charge >= 0.3 is 5.69 Å². The molecule has 1 aliphatic heterocycles. The van der Waals surface area contributed by atoms with E-state index in [0.29, 0.717) is 28.8 Å². The molecule has 2 unspecified atom stereocenters. The molecule has 4 N–H and O–H groups in total. The fraction of sp³-hybridized carbons (Fsp3) is 0.409. The lowest BCUT2D eigenvalue weighted by molar-refractivity contribution is 0.412. The number of rotatable bonds is 5. The van der Waals surface area contributed by atoms with Gasteiger partial charge in [0.2, 0.25) is 0 Å². The molecule has 0 amide bonds. The highest BCUT2D eigenvalue weighted by molar-refractivity contribution is 5.78. The highest BCUT2D eigenvalue weighted by atomic mass is 19.1. The number of methoxy groups -OCH3 is 1. The Morgan fingerprint density at radius 2 is 2.06 bits per heavy atom. The van der Waals surface area contributed by atoms with Crippen molar-refractivity contribution in [1.29, 1.82) is 0 Å². The van der Waals surface area contributed by atoms with Gasteiger partial charge in [0.1, 0.15) is 11.2 Å². The van der Waals surface area contributed by atoms with Gasteiger partial charge in [-0.25, -0.2) is 9.18 Å². The Labute approximate surface area is 183 Å². The number of ether oxygens (including phenoxy) is 1. The molecular weight excluding hydrogens is 415 g/mol. The largest absolute Gasteiger partial charge is 0.492 e. The van der Waals surface area contributed by atoms with E-state index in [1.807, 2.05) is 17.0 Å². The van der Waals surface area contributed by atoms with Crippen molar-refractivity contribution in [2.24, 2.45) is 11.7 Å². The number of nitrogen functional groups attached to an aromatic ring is 1. The topological polar surface area (TPSA) is 121 Å². The molecule has 2 aliphatic rings. The van der Waals surface area contributed by atoms with E-state index >= 15 is 4.39 Å². The first-order valence-corrected chi connectivity index (χ1v) is 10.7. The Balaban J connectivity index is 1.62. The fourth-order valence-corrected chi connectivity index (χ4v) is 4.76. The molecule has 1 saturated carbocycles. The zero-order valence-corrected chi connectivity index (χ0v) is 17.7. The van der Waals surface area contributed by atoms with Crippen molar-refractivity contribution < 1.29 is 9.13 Å². The van der Waals surface area contributed by atoms with Gasteiger partial charge in [-0.1, -0.05) is 6.07 Å². The Bertz CT molecular complexity index is 1300. The Kier molecular flexibility index (Phi) is 4.89. The number of nitrogens with two attached hydrogens (primary N) is 2. The molecule has 168 valence electrons. The summed E-state index contributed by atoms with van der Waals surface area (Å²) in [6.07, 6.45) is 6.92. The summed E-state index contributed by atoms with van der Waals surface area (Å²) in [6.45, 7) is 1.08. The minimum atomic E-state index is -0.809. The third-order valence-corrected chi connectivity index (χ3v) is 6.56. The maximum atomic E-state index is 15.4. The van der Waals surface area contributed by atoms with Crippen LogP contribution in [-0.4, -0.2) is 34.3 Å². The summed E-state index contributed by atoms with van der Waals surface area (Å²) in [5.41, 5.74) is 6.96. The van der Waals surface area contributed by atoms with Gasteiger partial charge in [0.05, 0.1) is 18.9 Å². The summed E-state index contributed by atoms with van der Waals surface area (Å²) >= 11 is 0. The van der Waals surface area contributed by atoms with Gasteiger partial charge in [0.15, 0.2) is 11.6 Å². The van der Waals surface area contributed by atoms with E-state index in [9.17, 15) is 9.59 Å². The van der Waals surface area contributed by atoms with Gasteiger partial charge in [-0.2, -0.15) is 4.68 Å². The van der Waals surface area contributed by atoms with E-state index < -0.39 is 17.1 Å². The zero-order valence-electron chi connectivity index (χ0n) is 17.7. The van der Waals surface area contributed by atoms with Gasteiger partial charge in [-0.15, -0.1) is 0 Å². The molecule has 2 fully saturated rings. The van der Waals surface area contributed by atoms with Crippen LogP contribution in [0.2, 0.25) is 0 Å². The first-order chi connectivity index (χ1) is 15.4. The summed E-state index contributed by atoms with van der Waals surface area (Å²) in [5, 5.41) is 0. The van der Waals surface area contributed by atoms with E-state index in [1.54, 1.807) is 12.4 Å². The molecule has 1 aliphatic carbocycles. The number of halogens is 1. The molecule has 0 radical (unpaired) electrons. The summed E-state index contributed by atoms with van der Waals surface area (Å²) < 4.78 is 22.6. The second-order valence-electron chi connectivity index (χ2n) is 8.53. The maximum absolute atomic E-state index is 15.4. The number of nitrogens with zero attached hydrogens (tertiary/aromatic N) is 4. The van der Waals surface area contributed by atoms with Gasteiger partial charge in [0, 0.05) is 31.5 Å². The molecule has 10 heteroatoms. The first kappa shape index (κ1) is 20.5. The lowest BCUT2D eigenvalue weighted by Gasteiger charge is -2.25. The third kappa shape index (κ3) is 3.13. The van der Waals surface area contributed by atoms with Crippen molar-refractivity contribution in [3.63, 3.8) is 0 Å². The van der Waals surface area contributed by atoms with Gasteiger partial charge < -0.3 is 21.2 Å². The van der Waals surface area contributed by atoms with Crippen LogP contribution in [0.1, 0.15) is 42.3 Å². The van der Waals surface area contributed by atoms with Crippen LogP contribution in [0.3, 0.4) is 0 Å². The zero-order chi connectivity index (χ0) is 22.6. The molecule has 0 spiro atoms. The van der Waals surface area contributed by atoms with Crippen LogP contribution in [0.5, 0.6) is 5.75 Å². The molecular formula is C22H25FN6O3. The lowest BCUT2D eigenvalue weighted by atomic mass is 9.94. The van der Waals surface area contributed by atoms with Crippen molar-refractivity contribution in [2.75, 3.05) is 30.9 Å². The summed E-state index contributed by atoms with van der Waals surface area (Å²) in [7, 11) is 1.42. The highest BCUT2D eigenvalue weighted by Gasteiger charge is 2.36. The van der Waals surface area contributed by atoms with Crippen molar-refractivity contribution >= 4 is 11.2 Å². The predicted octanol–water partition coefficient (Wildman–Crippen LogP) is 1.12. The van der Waals surface area contributed by atoms with Crippen molar-refractivity contribution in [2.45, 2.75) is 31.2 Å². The SMILES string of the molecule is COc1c(N2CCC(C(N)c3cccnc3)C2)c(F)cn2c(=O)n(N)c(=O)c(C3CC3)c12. The van der Waals surface area contributed by atoms with Crippen LogP contribution >= 0.6 is 0 Å². The lowest BCUT2D eigenvalue weighted by Crippen LogP contribution is -2.44. The first-order valence-electron chi connectivity index (χ1n) is 10.7. The van der Waals surface area contributed by atoms with E-state index in [4.69, 9.17) is 16.3 Å². The average molecular weight is 440 g/mol. The van der Waals surface area contributed by atoms with Gasteiger partial charge in [0.25, 0.3) is 5.56 Å². The number of anilines is 1. The molecule has 1 saturated heterocycles. The highest BCUT2D eigenvalue weighted by Crippen LogP contribution is 2.45. The molecule has 3 aromatic heterocycles. The summed E-state index contributed by atoms with van der Waals surface area (Å²) in [6, 6.07) is 3.54. The van der Waals surface area contributed by atoms with Crippen molar-refractivity contribution in [1.82, 2.24) is 14.1 Å². The summed E-state index contributed by atoms with van der Waals surface area (Å²) in [5.74, 6) is 5.32. The Morgan fingerprint density at radius 1 is 1.28 bits per heavy atom.